The molecule has 0 N–H and O–H groups in total. The van der Waals surface area contributed by atoms with E-state index in [9.17, 15) is 13.6 Å². The van der Waals surface area contributed by atoms with E-state index >= 15 is 0 Å². The van der Waals surface area contributed by atoms with Crippen molar-refractivity contribution in [3.63, 3.8) is 0 Å². The fourth-order valence-corrected chi connectivity index (χ4v) is 1.07. The highest BCUT2D eigenvalue weighted by atomic mass is 32.1. The number of alkyl halides is 2. The Hall–Kier alpha value is -1.10. The number of Topliss-reactive ketones (excluding diaryl/α,β-unsaturated/α-hetero) is 1. The zero-order valence-corrected chi connectivity index (χ0v) is 7.89. The molecule has 0 aromatic heterocycles. The van der Waals surface area contributed by atoms with Gasteiger partial charge in [-0.2, -0.15) is 8.78 Å². The number of hydrogen-bond acceptors (Lipinski definition) is 2. The maximum atomic E-state index is 11.7. The van der Waals surface area contributed by atoms with E-state index in [-0.39, 0.29) is 17.3 Å². The molecule has 0 aliphatic carbocycles. The van der Waals surface area contributed by atoms with Crippen molar-refractivity contribution in [2.24, 2.45) is 0 Å². The largest absolute Gasteiger partial charge is 0.435 e. The number of carbonyl (C=O) groups excluding carboxylic acids is 1. The molecule has 0 unspecified atom stereocenters. The lowest BCUT2D eigenvalue weighted by Crippen LogP contribution is -2.03. The van der Waals surface area contributed by atoms with Crippen molar-refractivity contribution in [3.05, 3.63) is 29.8 Å². The van der Waals surface area contributed by atoms with Gasteiger partial charge in [0, 0.05) is 5.56 Å². The molecule has 0 heterocycles. The predicted molar refractivity (Wildman–Crippen MR) is 49.9 cm³/mol. The van der Waals surface area contributed by atoms with Crippen LogP contribution in [0.2, 0.25) is 0 Å². The lowest BCUT2D eigenvalue weighted by Gasteiger charge is -2.04. The maximum Gasteiger partial charge on any atom is 0.387 e. The van der Waals surface area contributed by atoms with Crippen molar-refractivity contribution in [2.45, 2.75) is 6.61 Å². The maximum absolute atomic E-state index is 11.7. The summed E-state index contributed by atoms with van der Waals surface area (Å²) in [7, 11) is 0. The van der Waals surface area contributed by atoms with E-state index < -0.39 is 6.61 Å². The van der Waals surface area contributed by atoms with Crippen LogP contribution in [0.5, 0.6) is 5.75 Å². The van der Waals surface area contributed by atoms with Crippen LogP contribution in [0.25, 0.3) is 0 Å². The highest BCUT2D eigenvalue weighted by Gasteiger charge is 2.06. The molecule has 0 bridgehead atoms. The number of carbonyl (C=O) groups is 1. The Morgan fingerprint density at radius 3 is 2.36 bits per heavy atom. The first-order valence-electron chi connectivity index (χ1n) is 3.79. The number of ketones is 1. The van der Waals surface area contributed by atoms with Crippen LogP contribution < -0.4 is 4.74 Å². The third-order valence-corrected chi connectivity index (χ3v) is 1.79. The SMILES string of the molecule is O=C(C[S])c1ccc(OC(F)F)cc1. The molecule has 5 heteroatoms. The monoisotopic (exact) mass is 217 g/mol. The summed E-state index contributed by atoms with van der Waals surface area (Å²) in [5, 5.41) is 0. The molecular formula is C9H7F2O2S. The van der Waals surface area contributed by atoms with Crippen LogP contribution >= 0.6 is 12.6 Å². The van der Waals surface area contributed by atoms with Crippen molar-refractivity contribution in [3.8, 4) is 5.75 Å². The zero-order chi connectivity index (χ0) is 10.6. The van der Waals surface area contributed by atoms with Gasteiger partial charge in [-0.05, 0) is 24.3 Å². The molecule has 0 fully saturated rings. The molecule has 0 saturated heterocycles. The van der Waals surface area contributed by atoms with Crippen LogP contribution in [0.1, 0.15) is 10.4 Å². The van der Waals surface area contributed by atoms with Gasteiger partial charge in [0.2, 0.25) is 0 Å². The molecule has 0 aliphatic heterocycles. The summed E-state index contributed by atoms with van der Waals surface area (Å²) in [5.41, 5.74) is 0.404. The summed E-state index contributed by atoms with van der Waals surface area (Å²) in [6, 6.07) is 5.44. The Morgan fingerprint density at radius 1 is 1.36 bits per heavy atom. The van der Waals surface area contributed by atoms with Gasteiger partial charge < -0.3 is 4.74 Å². The van der Waals surface area contributed by atoms with E-state index in [1.807, 2.05) is 0 Å². The minimum Gasteiger partial charge on any atom is -0.435 e. The molecule has 1 radical (unpaired) electrons. The molecule has 2 nitrogen and oxygen atoms in total. The first kappa shape index (κ1) is 11.0. The molecule has 14 heavy (non-hydrogen) atoms. The van der Waals surface area contributed by atoms with Gasteiger partial charge in [-0.1, -0.05) is 12.6 Å². The third kappa shape index (κ3) is 2.99. The average Bonchev–Trinajstić information content (AvgIpc) is 2.17. The van der Waals surface area contributed by atoms with Gasteiger partial charge in [-0.25, -0.2) is 0 Å². The van der Waals surface area contributed by atoms with Crippen LogP contribution in [0.3, 0.4) is 0 Å². The summed E-state index contributed by atoms with van der Waals surface area (Å²) in [6.45, 7) is -2.85. The van der Waals surface area contributed by atoms with E-state index in [4.69, 9.17) is 0 Å². The molecule has 0 aliphatic rings. The van der Waals surface area contributed by atoms with Gasteiger partial charge >= 0.3 is 6.61 Å². The van der Waals surface area contributed by atoms with Crippen molar-refractivity contribution >= 4 is 18.4 Å². The second-order valence-electron chi connectivity index (χ2n) is 2.47. The van der Waals surface area contributed by atoms with E-state index in [0.29, 0.717) is 5.56 Å². The number of hydrogen-bond donors (Lipinski definition) is 0. The van der Waals surface area contributed by atoms with Crippen molar-refractivity contribution in [1.82, 2.24) is 0 Å². The second-order valence-corrected chi connectivity index (χ2v) is 2.76. The number of benzene rings is 1. The van der Waals surface area contributed by atoms with Gasteiger partial charge in [0.05, 0.1) is 5.75 Å². The Balaban J connectivity index is 2.73. The average molecular weight is 217 g/mol. The molecule has 75 valence electrons. The molecular weight excluding hydrogens is 210 g/mol. The normalized spacial score (nSPS) is 10.3. The van der Waals surface area contributed by atoms with Crippen LogP contribution in [-0.2, 0) is 0 Å². The second kappa shape index (κ2) is 4.95. The minimum absolute atomic E-state index is 0.0188. The highest BCUT2D eigenvalue weighted by Crippen LogP contribution is 2.15. The molecule has 1 aromatic carbocycles. The molecule has 1 aromatic rings. The Kier molecular flexibility index (Phi) is 3.88. The first-order valence-corrected chi connectivity index (χ1v) is 4.37. The van der Waals surface area contributed by atoms with E-state index in [1.165, 1.54) is 24.3 Å². The third-order valence-electron chi connectivity index (χ3n) is 1.53. The van der Waals surface area contributed by atoms with Crippen LogP contribution in [0.15, 0.2) is 24.3 Å². The standard InChI is InChI=1S/C9H7F2O2S/c10-9(11)13-7-3-1-6(2-4-7)8(12)5-14/h1-4,9H,5H2. The van der Waals surface area contributed by atoms with Gasteiger partial charge in [0.15, 0.2) is 5.78 Å². The zero-order valence-electron chi connectivity index (χ0n) is 7.07. The van der Waals surface area contributed by atoms with Gasteiger partial charge in [-0.15, -0.1) is 0 Å². The molecule has 0 saturated carbocycles. The fraction of sp³-hybridized carbons (Fsp3) is 0.222. The summed E-state index contributed by atoms with van der Waals surface area (Å²) >= 11 is 4.56. The number of halogens is 2. The van der Waals surface area contributed by atoms with E-state index in [1.54, 1.807) is 0 Å². The van der Waals surface area contributed by atoms with Crippen LogP contribution in [-0.4, -0.2) is 18.1 Å². The fourth-order valence-electron chi connectivity index (χ4n) is 0.906. The lowest BCUT2D eigenvalue weighted by molar-refractivity contribution is -0.0498. The van der Waals surface area contributed by atoms with Crippen molar-refractivity contribution in [2.75, 3.05) is 5.75 Å². The Morgan fingerprint density at radius 2 is 1.93 bits per heavy atom. The summed E-state index contributed by atoms with van der Waals surface area (Å²) in [6.07, 6.45) is 0. The van der Waals surface area contributed by atoms with Gasteiger partial charge in [0.1, 0.15) is 5.75 Å². The predicted octanol–water partition coefficient (Wildman–Crippen LogP) is 2.67. The van der Waals surface area contributed by atoms with Crippen LogP contribution in [0.4, 0.5) is 8.78 Å². The van der Waals surface area contributed by atoms with E-state index in [2.05, 4.69) is 17.4 Å². The quantitative estimate of drug-likeness (QED) is 0.725. The van der Waals surface area contributed by atoms with Crippen LogP contribution in [0, 0.1) is 0 Å². The molecule has 0 spiro atoms. The number of ether oxygens (including phenoxy) is 1. The summed E-state index contributed by atoms with van der Waals surface area (Å²) in [4.78, 5) is 11.1. The Bertz CT molecular complexity index is 311. The summed E-state index contributed by atoms with van der Waals surface area (Å²) < 4.78 is 27.6. The summed E-state index contributed by atoms with van der Waals surface area (Å²) in [5.74, 6) is -0.195. The van der Waals surface area contributed by atoms with E-state index in [0.717, 1.165) is 0 Å². The molecule has 0 atom stereocenters. The molecule has 0 amide bonds. The highest BCUT2D eigenvalue weighted by molar-refractivity contribution is 7.81. The minimum atomic E-state index is -2.85. The number of rotatable bonds is 4. The smallest absolute Gasteiger partial charge is 0.387 e. The lowest BCUT2D eigenvalue weighted by atomic mass is 10.1. The van der Waals surface area contributed by atoms with Crippen molar-refractivity contribution in [1.29, 1.82) is 0 Å². The molecule has 1 rings (SSSR count). The van der Waals surface area contributed by atoms with Gasteiger partial charge in [-0.3, -0.25) is 4.79 Å². The van der Waals surface area contributed by atoms with Gasteiger partial charge in [0.25, 0.3) is 0 Å². The Labute approximate surface area is 85.3 Å². The first-order chi connectivity index (χ1) is 6.63. The van der Waals surface area contributed by atoms with Crippen molar-refractivity contribution < 1.29 is 18.3 Å². The topological polar surface area (TPSA) is 26.3 Å².